The van der Waals surface area contributed by atoms with Gasteiger partial charge in [-0.25, -0.2) is 0 Å². The first kappa shape index (κ1) is 18.5. The van der Waals surface area contributed by atoms with Crippen LogP contribution in [-0.4, -0.2) is 43.1 Å². The number of likely N-dealkylation sites (tertiary alicyclic amines) is 1. The molecule has 1 unspecified atom stereocenters. The smallest absolute Gasteiger partial charge is 0.226 e. The molecule has 4 heteroatoms. The highest BCUT2D eigenvalue weighted by Gasteiger charge is 2.26. The fourth-order valence-electron chi connectivity index (χ4n) is 3.54. The molecule has 26 heavy (non-hydrogen) atoms. The number of rotatable bonds is 6. The van der Waals surface area contributed by atoms with Crippen molar-refractivity contribution in [3.05, 3.63) is 65.2 Å². The molecule has 0 spiro atoms. The van der Waals surface area contributed by atoms with Crippen LogP contribution in [0.2, 0.25) is 0 Å². The second-order valence-corrected chi connectivity index (χ2v) is 7.41. The van der Waals surface area contributed by atoms with E-state index in [1.54, 1.807) is 0 Å². The van der Waals surface area contributed by atoms with Gasteiger partial charge in [-0.15, -0.1) is 0 Å². The van der Waals surface area contributed by atoms with Gasteiger partial charge in [0.25, 0.3) is 0 Å². The summed E-state index contributed by atoms with van der Waals surface area (Å²) >= 11 is 0. The summed E-state index contributed by atoms with van der Waals surface area (Å²) in [5.41, 5.74) is 4.44. The number of hydrogen-bond donors (Lipinski definition) is 1. The van der Waals surface area contributed by atoms with Crippen molar-refractivity contribution in [2.45, 2.75) is 25.9 Å². The van der Waals surface area contributed by atoms with Crippen molar-refractivity contribution in [1.82, 2.24) is 4.90 Å². The van der Waals surface area contributed by atoms with Crippen molar-refractivity contribution in [2.24, 2.45) is 5.92 Å². The average Bonchev–Trinajstić information content (AvgIpc) is 3.11. The molecule has 0 bridgehead atoms. The van der Waals surface area contributed by atoms with Gasteiger partial charge in [0.05, 0.1) is 13.0 Å². The van der Waals surface area contributed by atoms with Crippen molar-refractivity contribution >= 4 is 11.6 Å². The first-order chi connectivity index (χ1) is 12.5. The lowest BCUT2D eigenvalue weighted by atomic mass is 9.98. The van der Waals surface area contributed by atoms with E-state index >= 15 is 0 Å². The first-order valence-corrected chi connectivity index (χ1v) is 9.28. The normalized spacial score (nSPS) is 16.7. The van der Waals surface area contributed by atoms with Crippen LogP contribution in [-0.2, 0) is 24.2 Å². The number of amides is 1. The van der Waals surface area contributed by atoms with Gasteiger partial charge in [0, 0.05) is 32.9 Å². The average molecular weight is 352 g/mol. The Morgan fingerprint density at radius 2 is 1.65 bits per heavy atom. The summed E-state index contributed by atoms with van der Waals surface area (Å²) in [6.45, 7) is 1.78. The number of hydrogen-bond acceptors (Lipinski definition) is 3. The third-order valence-corrected chi connectivity index (χ3v) is 5.18. The minimum absolute atomic E-state index is 0.0848. The lowest BCUT2D eigenvalue weighted by molar-refractivity contribution is -0.129. The maximum Gasteiger partial charge on any atom is 0.226 e. The van der Waals surface area contributed by atoms with E-state index < -0.39 is 0 Å². The molecule has 1 heterocycles. The van der Waals surface area contributed by atoms with Crippen LogP contribution in [0.5, 0.6) is 0 Å². The number of aliphatic hydroxyl groups is 1. The van der Waals surface area contributed by atoms with E-state index in [1.165, 1.54) is 5.56 Å². The monoisotopic (exact) mass is 352 g/mol. The molecule has 2 aromatic carbocycles. The van der Waals surface area contributed by atoms with Crippen LogP contribution in [0.3, 0.4) is 0 Å². The lowest BCUT2D eigenvalue weighted by Gasteiger charge is -2.17. The Kier molecular flexibility index (Phi) is 5.94. The van der Waals surface area contributed by atoms with Gasteiger partial charge in [-0.1, -0.05) is 36.4 Å². The van der Waals surface area contributed by atoms with Crippen molar-refractivity contribution < 1.29 is 9.90 Å². The van der Waals surface area contributed by atoms with E-state index in [-0.39, 0.29) is 12.5 Å². The zero-order valence-corrected chi connectivity index (χ0v) is 15.7. The Bertz CT molecular complexity index is 723. The molecule has 2 aromatic rings. The van der Waals surface area contributed by atoms with E-state index in [0.29, 0.717) is 12.3 Å². The Morgan fingerprint density at radius 1 is 1.04 bits per heavy atom. The van der Waals surface area contributed by atoms with Crippen molar-refractivity contribution in [2.75, 3.05) is 32.1 Å². The molecule has 0 radical (unpaired) electrons. The quantitative estimate of drug-likeness (QED) is 0.869. The third kappa shape index (κ3) is 4.64. The minimum atomic E-state index is 0.0848. The van der Waals surface area contributed by atoms with E-state index in [4.69, 9.17) is 5.11 Å². The van der Waals surface area contributed by atoms with Gasteiger partial charge in [-0.3, -0.25) is 4.79 Å². The van der Waals surface area contributed by atoms with Gasteiger partial charge in [-0.05, 0) is 47.6 Å². The number of aliphatic hydroxyl groups excluding tert-OH is 1. The molecule has 1 atom stereocenters. The molecular formula is C22H28N2O2. The number of carbonyl (C=O) groups excluding carboxylic acids is 1. The van der Waals surface area contributed by atoms with Crippen molar-refractivity contribution in [3.63, 3.8) is 0 Å². The number of benzene rings is 2. The van der Waals surface area contributed by atoms with E-state index in [9.17, 15) is 4.79 Å². The summed E-state index contributed by atoms with van der Waals surface area (Å²) < 4.78 is 0. The predicted molar refractivity (Wildman–Crippen MR) is 105 cm³/mol. The van der Waals surface area contributed by atoms with Gasteiger partial charge < -0.3 is 14.9 Å². The summed E-state index contributed by atoms with van der Waals surface area (Å²) in [6.07, 6.45) is 2.53. The summed E-state index contributed by atoms with van der Waals surface area (Å²) in [4.78, 5) is 16.7. The predicted octanol–water partition coefficient (Wildman–Crippen LogP) is 2.88. The van der Waals surface area contributed by atoms with Crippen LogP contribution in [0.15, 0.2) is 48.5 Å². The molecule has 1 aliphatic heterocycles. The molecular weight excluding hydrogens is 324 g/mol. The molecule has 1 amide bonds. The molecule has 0 saturated carbocycles. The van der Waals surface area contributed by atoms with Gasteiger partial charge in [-0.2, -0.15) is 0 Å². The van der Waals surface area contributed by atoms with E-state index in [0.717, 1.165) is 42.7 Å². The zero-order valence-electron chi connectivity index (χ0n) is 15.7. The number of carbonyl (C=O) groups is 1. The summed E-state index contributed by atoms with van der Waals surface area (Å²) in [6, 6.07) is 16.3. The Morgan fingerprint density at radius 3 is 2.27 bits per heavy atom. The summed E-state index contributed by atoms with van der Waals surface area (Å²) in [5.74, 6) is 0.746. The number of anilines is 1. The molecule has 0 aromatic heterocycles. The van der Waals surface area contributed by atoms with Gasteiger partial charge in [0.15, 0.2) is 0 Å². The van der Waals surface area contributed by atoms with Crippen molar-refractivity contribution in [3.8, 4) is 0 Å². The van der Waals surface area contributed by atoms with Gasteiger partial charge in [0.2, 0.25) is 5.91 Å². The summed E-state index contributed by atoms with van der Waals surface area (Å²) in [5, 5.41) is 9.13. The molecule has 1 fully saturated rings. The van der Waals surface area contributed by atoms with Gasteiger partial charge in [0.1, 0.15) is 0 Å². The number of nitrogens with zero attached hydrogens (tertiary/aromatic N) is 2. The lowest BCUT2D eigenvalue weighted by Crippen LogP contribution is -2.30. The fourth-order valence-corrected chi connectivity index (χ4v) is 3.54. The molecule has 1 N–H and O–H groups in total. The van der Waals surface area contributed by atoms with E-state index in [1.807, 2.05) is 43.3 Å². The maximum atomic E-state index is 12.6. The van der Waals surface area contributed by atoms with Crippen molar-refractivity contribution in [1.29, 1.82) is 0 Å². The van der Waals surface area contributed by atoms with Crippen LogP contribution in [0, 0.1) is 5.92 Å². The molecule has 138 valence electrons. The van der Waals surface area contributed by atoms with Crippen LogP contribution < -0.4 is 4.90 Å². The Balaban J connectivity index is 1.51. The standard InChI is InChI=1S/C22H28N2O2/c1-23(2)21-9-7-18(8-10-21)14-22(26)24-12-11-20(15-24)13-17-3-5-19(16-25)6-4-17/h3-10,20,25H,11-16H2,1-2H3. The summed E-state index contributed by atoms with van der Waals surface area (Å²) in [7, 11) is 4.03. The van der Waals surface area contributed by atoms with Crippen LogP contribution in [0.4, 0.5) is 5.69 Å². The molecule has 0 aliphatic carbocycles. The zero-order chi connectivity index (χ0) is 18.5. The Labute approximate surface area is 156 Å². The van der Waals surface area contributed by atoms with Crippen LogP contribution in [0.1, 0.15) is 23.1 Å². The highest BCUT2D eigenvalue weighted by atomic mass is 16.3. The second kappa shape index (κ2) is 8.37. The van der Waals surface area contributed by atoms with Crippen LogP contribution >= 0.6 is 0 Å². The minimum Gasteiger partial charge on any atom is -0.392 e. The SMILES string of the molecule is CN(C)c1ccc(CC(=O)N2CCC(Cc3ccc(CO)cc3)C2)cc1. The second-order valence-electron chi connectivity index (χ2n) is 7.41. The van der Waals surface area contributed by atoms with E-state index in [2.05, 4.69) is 29.2 Å². The molecule has 3 rings (SSSR count). The molecule has 1 saturated heterocycles. The highest BCUT2D eigenvalue weighted by Crippen LogP contribution is 2.22. The maximum absolute atomic E-state index is 12.6. The first-order valence-electron chi connectivity index (χ1n) is 9.28. The Hall–Kier alpha value is -2.33. The van der Waals surface area contributed by atoms with Crippen LogP contribution in [0.25, 0.3) is 0 Å². The van der Waals surface area contributed by atoms with Gasteiger partial charge >= 0.3 is 0 Å². The largest absolute Gasteiger partial charge is 0.392 e. The topological polar surface area (TPSA) is 43.8 Å². The molecule has 4 nitrogen and oxygen atoms in total. The third-order valence-electron chi connectivity index (χ3n) is 5.18. The fraction of sp³-hybridized carbons (Fsp3) is 0.409. The molecule has 1 aliphatic rings. The highest BCUT2D eigenvalue weighted by molar-refractivity contribution is 5.79.